The van der Waals surface area contributed by atoms with Gasteiger partial charge in [0.2, 0.25) is 10.0 Å². The van der Waals surface area contributed by atoms with E-state index in [0.29, 0.717) is 16.8 Å². The maximum Gasteiger partial charge on any atom is 0.255 e. The Kier molecular flexibility index (Phi) is 6.62. The number of ether oxygens (including phenoxy) is 1. The highest BCUT2D eigenvalue weighted by atomic mass is 32.2. The molecule has 2 aromatic carbocycles. The fourth-order valence-electron chi connectivity index (χ4n) is 2.17. The zero-order valence-corrected chi connectivity index (χ0v) is 15.3. The van der Waals surface area contributed by atoms with E-state index < -0.39 is 15.9 Å². The third-order valence-electron chi connectivity index (χ3n) is 3.55. The molecule has 2 aromatic rings. The first kappa shape index (κ1) is 19.8. The Morgan fingerprint density at radius 2 is 1.73 bits per heavy atom. The molecule has 0 aromatic heterocycles. The van der Waals surface area contributed by atoms with Crippen LogP contribution < -0.4 is 10.0 Å². The Labute approximate surface area is 152 Å². The molecular weight excluding hydrogens is 356 g/mol. The molecule has 138 valence electrons. The number of Topliss-reactive ketones (excluding diaryl/α,β-unsaturated/α-hetero) is 1. The maximum absolute atomic E-state index is 12.3. The predicted molar refractivity (Wildman–Crippen MR) is 97.9 cm³/mol. The summed E-state index contributed by atoms with van der Waals surface area (Å²) in [6.45, 7) is 1.87. The second-order valence-corrected chi connectivity index (χ2v) is 7.27. The number of carbonyl (C=O) groups is 2. The van der Waals surface area contributed by atoms with Gasteiger partial charge in [-0.1, -0.05) is 12.1 Å². The lowest BCUT2D eigenvalue weighted by Gasteiger charge is -2.08. The highest BCUT2D eigenvalue weighted by Gasteiger charge is 2.14. The molecule has 2 rings (SSSR count). The van der Waals surface area contributed by atoms with Crippen LogP contribution in [0.1, 0.15) is 27.6 Å². The Balaban J connectivity index is 2.09. The quantitative estimate of drug-likeness (QED) is 0.542. The molecule has 0 heterocycles. The van der Waals surface area contributed by atoms with Crippen molar-refractivity contribution in [3.8, 4) is 0 Å². The van der Waals surface area contributed by atoms with Crippen LogP contribution in [-0.2, 0) is 14.8 Å². The molecule has 0 fully saturated rings. The largest absolute Gasteiger partial charge is 0.383 e. The molecule has 0 aliphatic carbocycles. The molecule has 0 radical (unpaired) electrons. The number of hydrogen-bond acceptors (Lipinski definition) is 5. The van der Waals surface area contributed by atoms with E-state index in [9.17, 15) is 18.0 Å². The monoisotopic (exact) mass is 376 g/mol. The summed E-state index contributed by atoms with van der Waals surface area (Å²) in [5.41, 5.74) is 1.28. The zero-order valence-electron chi connectivity index (χ0n) is 14.5. The van der Waals surface area contributed by atoms with Crippen LogP contribution in [0.2, 0.25) is 0 Å². The van der Waals surface area contributed by atoms with Crippen LogP contribution in [0, 0.1) is 0 Å². The number of hydrogen-bond donors (Lipinski definition) is 2. The molecule has 1 amide bonds. The van der Waals surface area contributed by atoms with Gasteiger partial charge in [-0.15, -0.1) is 0 Å². The van der Waals surface area contributed by atoms with E-state index in [4.69, 9.17) is 4.74 Å². The molecule has 0 atom stereocenters. The van der Waals surface area contributed by atoms with E-state index in [0.717, 1.165) is 0 Å². The summed E-state index contributed by atoms with van der Waals surface area (Å²) >= 11 is 0. The number of carbonyl (C=O) groups excluding carboxylic acids is 2. The second kappa shape index (κ2) is 8.70. The van der Waals surface area contributed by atoms with Crippen LogP contribution in [0.15, 0.2) is 53.4 Å². The first-order valence-electron chi connectivity index (χ1n) is 7.84. The van der Waals surface area contributed by atoms with Crippen LogP contribution >= 0.6 is 0 Å². The molecule has 7 nitrogen and oxygen atoms in total. The van der Waals surface area contributed by atoms with Crippen LogP contribution in [0.25, 0.3) is 0 Å². The van der Waals surface area contributed by atoms with E-state index in [1.165, 1.54) is 38.3 Å². The molecular formula is C18H20N2O5S. The SMILES string of the molecule is COCCNS(=O)(=O)c1ccc(C(=O)Nc2cccc(C(C)=O)c2)cc1. The highest BCUT2D eigenvalue weighted by Crippen LogP contribution is 2.15. The molecule has 26 heavy (non-hydrogen) atoms. The normalized spacial score (nSPS) is 11.2. The molecule has 0 aliphatic rings. The molecule has 8 heteroatoms. The minimum atomic E-state index is -3.65. The highest BCUT2D eigenvalue weighted by molar-refractivity contribution is 7.89. The number of amides is 1. The van der Waals surface area contributed by atoms with Crippen molar-refractivity contribution in [1.82, 2.24) is 4.72 Å². The lowest BCUT2D eigenvalue weighted by atomic mass is 10.1. The van der Waals surface area contributed by atoms with Crippen LogP contribution in [-0.4, -0.2) is 40.4 Å². The Morgan fingerprint density at radius 3 is 2.35 bits per heavy atom. The molecule has 0 saturated heterocycles. The summed E-state index contributed by atoms with van der Waals surface area (Å²) in [6.07, 6.45) is 0. The number of ketones is 1. The minimum absolute atomic E-state index is 0.0590. The second-order valence-electron chi connectivity index (χ2n) is 5.51. The molecule has 0 unspecified atom stereocenters. The standard InChI is InChI=1S/C18H20N2O5S/c1-13(21)15-4-3-5-16(12-15)20-18(22)14-6-8-17(9-7-14)26(23,24)19-10-11-25-2/h3-9,12,19H,10-11H2,1-2H3,(H,20,22). The van der Waals surface area contributed by atoms with Gasteiger partial charge in [0.1, 0.15) is 0 Å². The Bertz CT molecular complexity index is 892. The third kappa shape index (κ3) is 5.22. The number of sulfonamides is 1. The van der Waals surface area contributed by atoms with Gasteiger partial charge < -0.3 is 10.1 Å². The Morgan fingerprint density at radius 1 is 1.04 bits per heavy atom. The first-order chi connectivity index (χ1) is 12.3. The van der Waals surface area contributed by atoms with Crippen LogP contribution in [0.5, 0.6) is 0 Å². The van der Waals surface area contributed by atoms with E-state index in [1.807, 2.05) is 0 Å². The smallest absolute Gasteiger partial charge is 0.255 e. The predicted octanol–water partition coefficient (Wildman–Crippen LogP) is 2.07. The number of anilines is 1. The van der Waals surface area contributed by atoms with Gasteiger partial charge in [-0.25, -0.2) is 13.1 Å². The van der Waals surface area contributed by atoms with Gasteiger partial charge in [0, 0.05) is 30.5 Å². The number of methoxy groups -OCH3 is 1. The van der Waals surface area contributed by atoms with Crippen molar-refractivity contribution in [3.63, 3.8) is 0 Å². The molecule has 0 spiro atoms. The fourth-order valence-corrected chi connectivity index (χ4v) is 3.18. The van der Waals surface area contributed by atoms with Crippen LogP contribution in [0.3, 0.4) is 0 Å². The van der Waals surface area contributed by atoms with Crippen molar-refractivity contribution < 1.29 is 22.7 Å². The van der Waals surface area contributed by atoms with Crippen molar-refractivity contribution in [1.29, 1.82) is 0 Å². The Hall–Kier alpha value is -2.55. The van der Waals surface area contributed by atoms with Crippen molar-refractivity contribution in [2.75, 3.05) is 25.6 Å². The van der Waals surface area contributed by atoms with Crippen molar-refractivity contribution in [2.45, 2.75) is 11.8 Å². The number of benzene rings is 2. The summed E-state index contributed by atoms with van der Waals surface area (Å²) in [4.78, 5) is 23.7. The molecule has 0 saturated carbocycles. The maximum atomic E-state index is 12.3. The van der Waals surface area contributed by atoms with E-state index in [-0.39, 0.29) is 23.8 Å². The summed E-state index contributed by atoms with van der Waals surface area (Å²) < 4.78 is 31.4. The summed E-state index contributed by atoms with van der Waals surface area (Å²) in [5, 5.41) is 2.68. The summed E-state index contributed by atoms with van der Waals surface area (Å²) in [6, 6.07) is 12.2. The molecule has 2 N–H and O–H groups in total. The average molecular weight is 376 g/mol. The fraction of sp³-hybridized carbons (Fsp3) is 0.222. The van der Waals surface area contributed by atoms with Gasteiger partial charge in [-0.2, -0.15) is 0 Å². The van der Waals surface area contributed by atoms with E-state index >= 15 is 0 Å². The summed E-state index contributed by atoms with van der Waals surface area (Å²) in [5.74, 6) is -0.501. The zero-order chi connectivity index (χ0) is 19.2. The van der Waals surface area contributed by atoms with Gasteiger partial charge in [0.15, 0.2) is 5.78 Å². The lowest BCUT2D eigenvalue weighted by molar-refractivity contribution is 0.101. The topological polar surface area (TPSA) is 102 Å². The first-order valence-corrected chi connectivity index (χ1v) is 9.33. The van der Waals surface area contributed by atoms with Gasteiger partial charge in [0.25, 0.3) is 5.91 Å². The number of nitrogens with one attached hydrogen (secondary N) is 2. The number of rotatable bonds is 8. The lowest BCUT2D eigenvalue weighted by Crippen LogP contribution is -2.27. The van der Waals surface area contributed by atoms with Crippen LogP contribution in [0.4, 0.5) is 5.69 Å². The van der Waals surface area contributed by atoms with Gasteiger partial charge in [-0.3, -0.25) is 9.59 Å². The van der Waals surface area contributed by atoms with Crippen molar-refractivity contribution in [2.24, 2.45) is 0 Å². The minimum Gasteiger partial charge on any atom is -0.383 e. The van der Waals surface area contributed by atoms with Crippen molar-refractivity contribution in [3.05, 3.63) is 59.7 Å². The van der Waals surface area contributed by atoms with Gasteiger partial charge in [-0.05, 0) is 43.3 Å². The van der Waals surface area contributed by atoms with Crippen molar-refractivity contribution >= 4 is 27.4 Å². The summed E-state index contributed by atoms with van der Waals surface area (Å²) in [7, 11) is -2.17. The average Bonchev–Trinajstić information content (AvgIpc) is 2.62. The third-order valence-corrected chi connectivity index (χ3v) is 5.03. The van der Waals surface area contributed by atoms with E-state index in [1.54, 1.807) is 24.3 Å². The molecule has 0 bridgehead atoms. The van der Waals surface area contributed by atoms with Gasteiger partial charge >= 0.3 is 0 Å². The van der Waals surface area contributed by atoms with Gasteiger partial charge in [0.05, 0.1) is 11.5 Å². The van der Waals surface area contributed by atoms with E-state index in [2.05, 4.69) is 10.0 Å². The molecule has 0 aliphatic heterocycles.